The Morgan fingerprint density at radius 3 is 2.65 bits per heavy atom. The smallest absolute Gasteiger partial charge is 0.341 e. The average Bonchev–Trinajstić information content (AvgIpc) is 3.00. The Bertz CT molecular complexity index is 945. The number of carboxylic acid groups (broad SMARTS) is 1. The first-order valence-corrected chi connectivity index (χ1v) is 10.7. The van der Waals surface area contributed by atoms with Crippen molar-refractivity contribution >= 4 is 56.8 Å². The van der Waals surface area contributed by atoms with E-state index in [0.29, 0.717) is 36.3 Å². The molecule has 31 heavy (non-hydrogen) atoms. The maximum atomic E-state index is 12.7. The SMILES string of the molecule is COc1cc(/C=C2/SC(=O)N(CC(=O)N3CCOCC3)C2=O)cc(Br)c1OCC(=O)O. The highest BCUT2D eigenvalue weighted by Crippen LogP contribution is 2.39. The van der Waals surface area contributed by atoms with Crippen LogP contribution >= 0.6 is 27.7 Å². The summed E-state index contributed by atoms with van der Waals surface area (Å²) in [4.78, 5) is 50.8. The lowest BCUT2D eigenvalue weighted by Gasteiger charge is -2.28. The molecule has 1 aromatic rings. The van der Waals surface area contributed by atoms with Crippen LogP contribution in [0.25, 0.3) is 6.08 Å². The number of carbonyl (C=O) groups excluding carboxylic acids is 3. The number of nitrogens with zero attached hydrogens (tertiary/aromatic N) is 2. The van der Waals surface area contributed by atoms with Crippen LogP contribution in [-0.4, -0.2) is 84.5 Å². The van der Waals surface area contributed by atoms with Crippen LogP contribution in [0.5, 0.6) is 11.5 Å². The van der Waals surface area contributed by atoms with E-state index in [1.54, 1.807) is 17.0 Å². The van der Waals surface area contributed by atoms with Crippen molar-refractivity contribution in [3.8, 4) is 11.5 Å². The molecule has 0 radical (unpaired) electrons. The van der Waals surface area contributed by atoms with Crippen LogP contribution in [0.2, 0.25) is 0 Å². The molecule has 166 valence electrons. The molecule has 2 aliphatic rings. The Labute approximate surface area is 190 Å². The number of hydrogen-bond donors (Lipinski definition) is 1. The minimum absolute atomic E-state index is 0.160. The Morgan fingerprint density at radius 2 is 2.00 bits per heavy atom. The largest absolute Gasteiger partial charge is 0.493 e. The zero-order valence-electron chi connectivity index (χ0n) is 16.5. The van der Waals surface area contributed by atoms with Gasteiger partial charge in [-0.2, -0.15) is 0 Å². The molecule has 2 fully saturated rings. The molecule has 2 aliphatic heterocycles. The molecule has 1 N–H and O–H groups in total. The molecule has 0 atom stereocenters. The van der Waals surface area contributed by atoms with Gasteiger partial charge in [0.15, 0.2) is 18.1 Å². The third-order valence-corrected chi connectivity index (χ3v) is 5.92. The second-order valence-electron chi connectivity index (χ2n) is 6.48. The number of thioether (sulfide) groups is 1. The van der Waals surface area contributed by atoms with E-state index >= 15 is 0 Å². The molecule has 12 heteroatoms. The van der Waals surface area contributed by atoms with Crippen molar-refractivity contribution in [1.82, 2.24) is 9.80 Å². The van der Waals surface area contributed by atoms with Gasteiger partial charge in [0.25, 0.3) is 11.1 Å². The Balaban J connectivity index is 1.76. The maximum absolute atomic E-state index is 12.7. The minimum atomic E-state index is -1.14. The van der Waals surface area contributed by atoms with Gasteiger partial charge in [0.1, 0.15) is 6.54 Å². The summed E-state index contributed by atoms with van der Waals surface area (Å²) >= 11 is 4.04. The number of halogens is 1. The Kier molecular flexibility index (Phi) is 7.57. The second-order valence-corrected chi connectivity index (χ2v) is 8.33. The molecule has 0 spiro atoms. The number of hydrogen-bond acceptors (Lipinski definition) is 8. The number of amides is 3. The predicted octanol–water partition coefficient (Wildman–Crippen LogP) is 1.82. The highest BCUT2D eigenvalue weighted by Gasteiger charge is 2.37. The molecule has 0 unspecified atom stereocenters. The molecule has 3 rings (SSSR count). The van der Waals surface area contributed by atoms with E-state index in [4.69, 9.17) is 19.3 Å². The van der Waals surface area contributed by atoms with Crippen molar-refractivity contribution in [3.05, 3.63) is 27.1 Å². The minimum Gasteiger partial charge on any atom is -0.493 e. The average molecular weight is 515 g/mol. The van der Waals surface area contributed by atoms with Gasteiger partial charge < -0.3 is 24.2 Å². The summed E-state index contributed by atoms with van der Waals surface area (Å²) in [6.45, 7) is 0.832. The number of carbonyl (C=O) groups is 4. The van der Waals surface area contributed by atoms with Crippen LogP contribution in [0.1, 0.15) is 5.56 Å². The summed E-state index contributed by atoms with van der Waals surface area (Å²) in [5.41, 5.74) is 0.524. The van der Waals surface area contributed by atoms with Crippen LogP contribution < -0.4 is 9.47 Å². The predicted molar refractivity (Wildman–Crippen MR) is 114 cm³/mol. The van der Waals surface area contributed by atoms with Crippen molar-refractivity contribution in [2.75, 3.05) is 46.6 Å². The number of morpholine rings is 1. The van der Waals surface area contributed by atoms with Crippen LogP contribution in [0.3, 0.4) is 0 Å². The van der Waals surface area contributed by atoms with Crippen LogP contribution in [0.4, 0.5) is 4.79 Å². The first-order valence-electron chi connectivity index (χ1n) is 9.13. The van der Waals surface area contributed by atoms with Gasteiger partial charge in [-0.1, -0.05) is 0 Å². The lowest BCUT2D eigenvalue weighted by Crippen LogP contribution is -2.46. The zero-order chi connectivity index (χ0) is 22.5. The zero-order valence-corrected chi connectivity index (χ0v) is 18.9. The normalized spacial score (nSPS) is 17.9. The van der Waals surface area contributed by atoms with Crippen LogP contribution in [0, 0.1) is 0 Å². The van der Waals surface area contributed by atoms with E-state index in [9.17, 15) is 19.2 Å². The molecule has 2 saturated heterocycles. The van der Waals surface area contributed by atoms with Gasteiger partial charge >= 0.3 is 5.97 Å². The fraction of sp³-hybridized carbons (Fsp3) is 0.368. The second kappa shape index (κ2) is 10.2. The first-order chi connectivity index (χ1) is 14.8. The Hall–Kier alpha value is -2.57. The van der Waals surface area contributed by atoms with Gasteiger partial charge in [-0.3, -0.25) is 19.3 Å². The van der Waals surface area contributed by atoms with Gasteiger partial charge in [0.2, 0.25) is 5.91 Å². The summed E-state index contributed by atoms with van der Waals surface area (Å²) in [7, 11) is 1.39. The number of rotatable bonds is 7. The molecule has 0 saturated carbocycles. The fourth-order valence-corrected chi connectivity index (χ4v) is 4.35. The van der Waals surface area contributed by atoms with E-state index in [1.807, 2.05) is 0 Å². The molecule has 1 aromatic carbocycles. The third kappa shape index (κ3) is 5.57. The van der Waals surface area contributed by atoms with Gasteiger partial charge in [0, 0.05) is 13.1 Å². The molecule has 0 aromatic heterocycles. The number of ether oxygens (including phenoxy) is 3. The van der Waals surface area contributed by atoms with E-state index in [2.05, 4.69) is 15.9 Å². The summed E-state index contributed by atoms with van der Waals surface area (Å²) in [6, 6.07) is 3.15. The first kappa shape index (κ1) is 23.1. The Morgan fingerprint density at radius 1 is 1.29 bits per heavy atom. The monoisotopic (exact) mass is 514 g/mol. The standard InChI is InChI=1S/C19H19BrN2O8S/c1-28-13-7-11(6-12(20)17(13)30-10-16(24)25)8-14-18(26)22(19(27)31-14)9-15(23)21-2-4-29-5-3-21/h6-8H,2-5,9-10H2,1H3,(H,24,25)/b14-8+. The van der Waals surface area contributed by atoms with Crippen molar-refractivity contribution < 1.29 is 38.5 Å². The fourth-order valence-electron chi connectivity index (χ4n) is 2.93. The van der Waals surface area contributed by atoms with Crippen molar-refractivity contribution in [2.24, 2.45) is 0 Å². The van der Waals surface area contributed by atoms with Gasteiger partial charge in [-0.15, -0.1) is 0 Å². The highest BCUT2D eigenvalue weighted by atomic mass is 79.9. The van der Waals surface area contributed by atoms with Crippen LogP contribution in [-0.2, 0) is 19.1 Å². The number of imide groups is 1. The molecule has 10 nitrogen and oxygen atoms in total. The molecular weight excluding hydrogens is 496 g/mol. The van der Waals surface area contributed by atoms with Gasteiger partial charge in [0.05, 0.1) is 29.7 Å². The quantitative estimate of drug-likeness (QED) is 0.542. The highest BCUT2D eigenvalue weighted by molar-refractivity contribution is 9.10. The summed E-state index contributed by atoms with van der Waals surface area (Å²) < 4.78 is 16.1. The van der Waals surface area contributed by atoms with Crippen molar-refractivity contribution in [2.45, 2.75) is 0 Å². The third-order valence-electron chi connectivity index (χ3n) is 4.42. The number of methoxy groups -OCH3 is 1. The lowest BCUT2D eigenvalue weighted by molar-refractivity contribution is -0.139. The van der Waals surface area contributed by atoms with Crippen molar-refractivity contribution in [1.29, 1.82) is 0 Å². The van der Waals surface area contributed by atoms with Gasteiger partial charge in [-0.05, 0) is 51.5 Å². The topological polar surface area (TPSA) is 123 Å². The molecule has 3 amide bonds. The van der Waals surface area contributed by atoms with Crippen molar-refractivity contribution in [3.63, 3.8) is 0 Å². The number of aliphatic carboxylic acids is 1. The summed E-state index contributed by atoms with van der Waals surface area (Å²) in [5.74, 6) is -1.55. The summed E-state index contributed by atoms with van der Waals surface area (Å²) in [6.07, 6.45) is 1.50. The van der Waals surface area contributed by atoms with E-state index in [-0.39, 0.29) is 28.9 Å². The van der Waals surface area contributed by atoms with E-state index < -0.39 is 23.7 Å². The van der Waals surface area contributed by atoms with E-state index in [1.165, 1.54) is 13.2 Å². The molecule has 2 heterocycles. The maximum Gasteiger partial charge on any atom is 0.341 e. The lowest BCUT2D eigenvalue weighted by atomic mass is 10.2. The number of carboxylic acids is 1. The number of benzene rings is 1. The van der Waals surface area contributed by atoms with Gasteiger partial charge in [-0.25, -0.2) is 4.79 Å². The molecule has 0 aliphatic carbocycles. The molecule has 0 bridgehead atoms. The summed E-state index contributed by atoms with van der Waals surface area (Å²) in [5, 5.41) is 8.27. The van der Waals surface area contributed by atoms with E-state index in [0.717, 1.165) is 16.7 Å². The van der Waals surface area contributed by atoms with Crippen LogP contribution in [0.15, 0.2) is 21.5 Å². The molecular formula is C19H19BrN2O8S.